The highest BCUT2D eigenvalue weighted by Crippen LogP contribution is 2.70. The number of hydrogen-bond acceptors (Lipinski definition) is 6. The van der Waals surface area contributed by atoms with E-state index in [-0.39, 0.29) is 34.2 Å². The molecule has 1 saturated heterocycles. The molecule has 28 heavy (non-hydrogen) atoms. The standard InChI is InChI=1S/C18H20N4O5S/c1-17(2)12-7-8-18(17)10-28(26,27)21(14(18)9-12)16(23)15(20-19)11-3-5-13(6-4-11)22(24)25/h3-6,12,14H,7-10H2,1-2H3/p+1/b16-15+/t12-,14+,18-/m1/s1. The summed E-state index contributed by atoms with van der Waals surface area (Å²) in [6.45, 7) is 4.19. The van der Waals surface area contributed by atoms with Gasteiger partial charge in [0, 0.05) is 17.5 Å². The number of hydrogen-bond donors (Lipinski definition) is 1. The monoisotopic (exact) mass is 405 g/mol. The lowest BCUT2D eigenvalue weighted by molar-refractivity contribution is -0.384. The minimum atomic E-state index is -3.80. The Kier molecular flexibility index (Phi) is 3.78. The first-order valence-electron chi connectivity index (χ1n) is 9.10. The van der Waals surface area contributed by atoms with Crippen LogP contribution in [0.5, 0.6) is 0 Å². The summed E-state index contributed by atoms with van der Waals surface area (Å²) in [5.74, 6) is -0.309. The molecule has 1 aliphatic heterocycles. The molecule has 0 unspecified atom stereocenters. The van der Waals surface area contributed by atoms with Gasteiger partial charge < -0.3 is 5.11 Å². The Balaban J connectivity index is 1.81. The predicted molar refractivity (Wildman–Crippen MR) is 101 cm³/mol. The van der Waals surface area contributed by atoms with Gasteiger partial charge in [0.25, 0.3) is 5.69 Å². The number of aliphatic hydroxyl groups is 1. The van der Waals surface area contributed by atoms with Crippen LogP contribution in [-0.2, 0) is 10.0 Å². The Labute approximate surface area is 162 Å². The lowest BCUT2D eigenvalue weighted by Gasteiger charge is -2.36. The zero-order valence-corrected chi connectivity index (χ0v) is 16.4. The third-order valence-electron chi connectivity index (χ3n) is 7.28. The van der Waals surface area contributed by atoms with Gasteiger partial charge in [-0.25, -0.2) is 12.7 Å². The second-order valence-electron chi connectivity index (χ2n) is 8.49. The van der Waals surface area contributed by atoms with E-state index in [2.05, 4.69) is 18.8 Å². The van der Waals surface area contributed by atoms with Gasteiger partial charge in [-0.2, -0.15) is 0 Å². The fraction of sp³-hybridized carbons (Fsp3) is 0.556. The molecule has 3 fully saturated rings. The van der Waals surface area contributed by atoms with E-state index in [4.69, 9.17) is 0 Å². The summed E-state index contributed by atoms with van der Waals surface area (Å²) < 4.78 is 27.0. The molecule has 2 saturated carbocycles. The summed E-state index contributed by atoms with van der Waals surface area (Å²) >= 11 is 0. The van der Waals surface area contributed by atoms with Crippen LogP contribution < -0.4 is 0 Å². The smallest absolute Gasteiger partial charge is 0.451 e. The third kappa shape index (κ3) is 2.22. The lowest BCUT2D eigenvalue weighted by atomic mass is 9.69. The number of non-ortho nitro benzene ring substituents is 1. The van der Waals surface area contributed by atoms with E-state index in [1.165, 1.54) is 24.3 Å². The largest absolute Gasteiger partial charge is 0.488 e. The van der Waals surface area contributed by atoms with Gasteiger partial charge in [-0.3, -0.25) is 10.1 Å². The summed E-state index contributed by atoms with van der Waals surface area (Å²) in [6, 6.07) is 4.64. The maximum absolute atomic E-state index is 13.0. The summed E-state index contributed by atoms with van der Waals surface area (Å²) in [5.41, 5.74) is -0.909. The summed E-state index contributed by atoms with van der Waals surface area (Å²) in [7, 11) is -3.80. The molecular weight excluding hydrogens is 384 g/mol. The molecule has 4 rings (SSSR count). The number of diazo groups is 1. The van der Waals surface area contributed by atoms with E-state index >= 15 is 0 Å². The Bertz CT molecular complexity index is 1040. The molecule has 0 radical (unpaired) electrons. The number of fused-ring (bicyclic) bond motifs is 1. The summed E-state index contributed by atoms with van der Waals surface area (Å²) in [6.07, 6.45) is 2.40. The molecule has 0 amide bonds. The summed E-state index contributed by atoms with van der Waals surface area (Å²) in [5, 5.41) is 31.2. The summed E-state index contributed by atoms with van der Waals surface area (Å²) in [4.78, 5) is 13.4. The van der Waals surface area contributed by atoms with Gasteiger partial charge >= 0.3 is 11.6 Å². The van der Waals surface area contributed by atoms with Gasteiger partial charge in [0.1, 0.15) is 0 Å². The predicted octanol–water partition coefficient (Wildman–Crippen LogP) is 3.47. The minimum absolute atomic E-state index is 0.0444. The third-order valence-corrected chi connectivity index (χ3v) is 9.19. The average Bonchev–Trinajstić information content (AvgIpc) is 3.10. The molecule has 2 aliphatic carbocycles. The molecule has 1 aromatic rings. The van der Waals surface area contributed by atoms with Crippen LogP contribution in [0.4, 0.5) is 5.69 Å². The van der Waals surface area contributed by atoms with Crippen LogP contribution in [0.1, 0.15) is 38.7 Å². The van der Waals surface area contributed by atoms with E-state index in [9.17, 15) is 29.0 Å². The van der Waals surface area contributed by atoms with Crippen molar-refractivity contribution in [1.29, 1.82) is 5.39 Å². The number of aliphatic hydroxyl groups excluding tert-OH is 1. The topological polar surface area (TPSA) is 129 Å². The lowest BCUT2D eigenvalue weighted by Crippen LogP contribution is -2.41. The van der Waals surface area contributed by atoms with E-state index in [0.717, 1.165) is 17.1 Å². The maximum atomic E-state index is 13.0. The van der Waals surface area contributed by atoms with E-state index in [1.807, 2.05) is 0 Å². The van der Waals surface area contributed by atoms with Crippen molar-refractivity contribution in [3.8, 4) is 0 Å². The number of nitrogens with zero attached hydrogens (tertiary/aromatic N) is 4. The Hall–Kier alpha value is -2.67. The first-order chi connectivity index (χ1) is 13.0. The van der Waals surface area contributed by atoms with Crippen molar-refractivity contribution in [2.24, 2.45) is 16.7 Å². The molecule has 3 atom stereocenters. The van der Waals surface area contributed by atoms with Crippen molar-refractivity contribution in [3.05, 3.63) is 50.8 Å². The Morgan fingerprint density at radius 3 is 2.54 bits per heavy atom. The van der Waals surface area contributed by atoms with Gasteiger partial charge in [0.2, 0.25) is 15.4 Å². The van der Waals surface area contributed by atoms with Crippen molar-refractivity contribution in [2.75, 3.05) is 5.75 Å². The number of nitro benzene ring substituents is 1. The molecule has 148 valence electrons. The maximum Gasteiger partial charge on any atom is 0.451 e. The van der Waals surface area contributed by atoms with Crippen molar-refractivity contribution in [3.63, 3.8) is 0 Å². The first kappa shape index (κ1) is 18.7. The molecule has 0 aromatic heterocycles. The van der Waals surface area contributed by atoms with Crippen molar-refractivity contribution < 1.29 is 18.4 Å². The molecule has 1 N–H and O–H groups in total. The van der Waals surface area contributed by atoms with Crippen LogP contribution in [0.2, 0.25) is 0 Å². The van der Waals surface area contributed by atoms with E-state index < -0.39 is 26.2 Å². The van der Waals surface area contributed by atoms with Crippen LogP contribution in [0.15, 0.2) is 30.1 Å². The Morgan fingerprint density at radius 2 is 2.00 bits per heavy atom. The van der Waals surface area contributed by atoms with Crippen LogP contribution >= 0.6 is 0 Å². The molecule has 3 aliphatic rings. The quantitative estimate of drug-likeness (QED) is 0.355. The van der Waals surface area contributed by atoms with Gasteiger partial charge in [-0.1, -0.05) is 13.8 Å². The second kappa shape index (κ2) is 5.67. The molecular formula is C18H21N4O5S+. The normalized spacial score (nSPS) is 32.5. The number of benzene rings is 1. The van der Waals surface area contributed by atoms with Crippen LogP contribution in [-0.4, -0.2) is 34.5 Å². The van der Waals surface area contributed by atoms with Crippen molar-refractivity contribution in [1.82, 2.24) is 4.31 Å². The van der Waals surface area contributed by atoms with Crippen molar-refractivity contribution >= 4 is 21.4 Å². The van der Waals surface area contributed by atoms with Gasteiger partial charge in [0.05, 0.1) is 22.3 Å². The molecule has 1 spiro atoms. The highest BCUT2D eigenvalue weighted by Gasteiger charge is 2.72. The molecule has 10 heteroatoms. The van der Waals surface area contributed by atoms with Gasteiger partial charge in [0.15, 0.2) is 4.98 Å². The average molecular weight is 405 g/mol. The van der Waals surface area contributed by atoms with Crippen LogP contribution in [0.3, 0.4) is 0 Å². The first-order valence-corrected chi connectivity index (χ1v) is 10.7. The molecule has 2 bridgehead atoms. The SMILES string of the molecule is CC1(C)[C@@H]2CC[C@]13CS(=O)(=O)N(/C(O)=C(\[N+]#N)c1ccc([N+](=O)[O-])cc1)[C@H]3C2. The van der Waals surface area contributed by atoms with Gasteiger partial charge in [-0.05, 0) is 42.7 Å². The Morgan fingerprint density at radius 1 is 1.36 bits per heavy atom. The molecule has 9 nitrogen and oxygen atoms in total. The minimum Gasteiger partial charge on any atom is -0.488 e. The zero-order chi connectivity index (χ0) is 20.5. The second-order valence-corrected chi connectivity index (χ2v) is 10.3. The molecule has 1 aromatic carbocycles. The fourth-order valence-electron chi connectivity index (χ4n) is 5.64. The van der Waals surface area contributed by atoms with Crippen LogP contribution in [0, 0.1) is 32.3 Å². The highest BCUT2D eigenvalue weighted by atomic mass is 32.2. The van der Waals surface area contributed by atoms with Gasteiger partial charge in [-0.15, -0.1) is 0 Å². The molecule has 1 heterocycles. The highest BCUT2D eigenvalue weighted by molar-refractivity contribution is 7.89. The zero-order valence-electron chi connectivity index (χ0n) is 15.6. The van der Waals surface area contributed by atoms with Crippen molar-refractivity contribution in [2.45, 2.75) is 39.2 Å². The fourth-order valence-corrected chi connectivity index (χ4v) is 8.17. The van der Waals surface area contributed by atoms with Crippen LogP contribution in [0.25, 0.3) is 10.7 Å². The van der Waals surface area contributed by atoms with E-state index in [1.54, 1.807) is 0 Å². The number of sulfonamides is 1. The van der Waals surface area contributed by atoms with E-state index in [0.29, 0.717) is 12.3 Å². The number of nitro groups is 1. The number of rotatable bonds is 3.